The first-order valence-electron chi connectivity index (χ1n) is 3.60. The Morgan fingerprint density at radius 1 is 1.73 bits per heavy atom. The molecule has 0 aromatic carbocycles. The van der Waals surface area contributed by atoms with E-state index in [0.29, 0.717) is 6.42 Å². The third kappa shape index (κ3) is 1.60. The van der Waals surface area contributed by atoms with Gasteiger partial charge in [0.25, 0.3) is 0 Å². The van der Waals surface area contributed by atoms with Crippen LogP contribution in [-0.4, -0.2) is 18.2 Å². The summed E-state index contributed by atoms with van der Waals surface area (Å²) in [5.74, 6) is -0.649. The second-order valence-electron chi connectivity index (χ2n) is 2.70. The highest BCUT2D eigenvalue weighted by Crippen LogP contribution is 2.25. The van der Waals surface area contributed by atoms with Crippen molar-refractivity contribution in [2.24, 2.45) is 0 Å². The monoisotopic (exact) mass is 157 g/mol. The Morgan fingerprint density at radius 2 is 2.36 bits per heavy atom. The third-order valence-corrected chi connectivity index (χ3v) is 1.95. The topological polar surface area (TPSA) is 32.3 Å². The molecule has 0 spiro atoms. The number of halogens is 1. The van der Waals surface area contributed by atoms with Gasteiger partial charge >= 0.3 is 0 Å². The molecule has 0 heterocycles. The van der Waals surface area contributed by atoms with Gasteiger partial charge in [-0.15, -0.1) is 0 Å². The summed E-state index contributed by atoms with van der Waals surface area (Å²) in [4.78, 5) is 0. The zero-order chi connectivity index (χ0) is 8.43. The van der Waals surface area contributed by atoms with E-state index in [-0.39, 0.29) is 11.8 Å². The third-order valence-electron chi connectivity index (χ3n) is 1.95. The summed E-state index contributed by atoms with van der Waals surface area (Å²) < 4.78 is 12.6. The van der Waals surface area contributed by atoms with Crippen LogP contribution in [0.3, 0.4) is 0 Å². The van der Waals surface area contributed by atoms with Gasteiger partial charge in [-0.3, -0.25) is 0 Å². The number of hydrogen-bond donors (Lipinski definition) is 2. The summed E-state index contributed by atoms with van der Waals surface area (Å²) >= 11 is 0. The maximum Gasteiger partial charge on any atom is 0.160 e. The molecule has 1 unspecified atom stereocenters. The lowest BCUT2D eigenvalue weighted by Crippen LogP contribution is -2.22. The highest BCUT2D eigenvalue weighted by atomic mass is 19.1. The molecule has 0 saturated carbocycles. The molecule has 0 amide bonds. The number of likely N-dealkylation sites (N-methyl/N-ethyl adjacent to an activating group) is 1. The van der Waals surface area contributed by atoms with Crippen molar-refractivity contribution >= 4 is 0 Å². The zero-order valence-corrected chi connectivity index (χ0v) is 6.69. The number of hydrogen-bond acceptors (Lipinski definition) is 2. The SMILES string of the molecule is CNC(C)C1=CC(F)=C(O)C1. The van der Waals surface area contributed by atoms with Gasteiger partial charge in [0, 0.05) is 12.5 Å². The minimum atomic E-state index is -0.498. The van der Waals surface area contributed by atoms with Gasteiger partial charge in [0.2, 0.25) is 0 Å². The average molecular weight is 157 g/mol. The van der Waals surface area contributed by atoms with Crippen LogP contribution in [0, 0.1) is 0 Å². The molecule has 0 aromatic rings. The molecule has 11 heavy (non-hydrogen) atoms. The van der Waals surface area contributed by atoms with Gasteiger partial charge < -0.3 is 10.4 Å². The highest BCUT2D eigenvalue weighted by Gasteiger charge is 2.18. The van der Waals surface area contributed by atoms with Crippen LogP contribution in [0.1, 0.15) is 13.3 Å². The van der Waals surface area contributed by atoms with Gasteiger partial charge in [-0.05, 0) is 25.6 Å². The Labute approximate surface area is 65.4 Å². The Balaban J connectivity index is 2.64. The largest absolute Gasteiger partial charge is 0.509 e. The summed E-state index contributed by atoms with van der Waals surface area (Å²) in [6.45, 7) is 1.93. The fraction of sp³-hybridized carbons (Fsp3) is 0.500. The molecule has 3 heteroatoms. The van der Waals surface area contributed by atoms with E-state index in [4.69, 9.17) is 5.11 Å². The normalized spacial score (nSPS) is 20.5. The second kappa shape index (κ2) is 3.05. The van der Waals surface area contributed by atoms with Crippen LogP contribution < -0.4 is 5.32 Å². The average Bonchev–Trinajstić information content (AvgIpc) is 2.31. The number of nitrogens with one attached hydrogen (secondary N) is 1. The molecule has 0 aliphatic heterocycles. The van der Waals surface area contributed by atoms with E-state index in [0.717, 1.165) is 5.57 Å². The fourth-order valence-electron chi connectivity index (χ4n) is 1.04. The highest BCUT2D eigenvalue weighted by molar-refractivity contribution is 5.33. The molecule has 62 valence electrons. The minimum absolute atomic E-state index is 0.130. The predicted molar refractivity (Wildman–Crippen MR) is 42.0 cm³/mol. The molecule has 0 radical (unpaired) electrons. The molecule has 1 aliphatic carbocycles. The van der Waals surface area contributed by atoms with Crippen molar-refractivity contribution in [1.29, 1.82) is 0 Å². The Bertz CT molecular complexity index is 220. The second-order valence-corrected chi connectivity index (χ2v) is 2.70. The molecule has 1 rings (SSSR count). The standard InChI is InChI=1S/C8H12FNO/c1-5(10-2)6-3-7(9)8(11)4-6/h3,5,10-11H,4H2,1-2H3. The maximum atomic E-state index is 12.6. The predicted octanol–water partition coefficient (Wildman–Crippen LogP) is 1.66. The summed E-state index contributed by atoms with van der Waals surface area (Å²) in [5, 5.41) is 11.9. The van der Waals surface area contributed by atoms with Crippen LogP contribution in [0.15, 0.2) is 23.2 Å². The molecule has 2 nitrogen and oxygen atoms in total. The Kier molecular flexibility index (Phi) is 2.29. The first kappa shape index (κ1) is 8.27. The molecule has 0 saturated heterocycles. The maximum absolute atomic E-state index is 12.6. The molecule has 2 N–H and O–H groups in total. The van der Waals surface area contributed by atoms with Crippen LogP contribution in [0.5, 0.6) is 0 Å². The Morgan fingerprint density at radius 3 is 2.73 bits per heavy atom. The lowest BCUT2D eigenvalue weighted by Gasteiger charge is -2.10. The smallest absolute Gasteiger partial charge is 0.160 e. The van der Waals surface area contributed by atoms with E-state index in [1.165, 1.54) is 6.08 Å². The summed E-state index contributed by atoms with van der Waals surface area (Å²) in [5.41, 5.74) is 0.891. The van der Waals surface area contributed by atoms with Gasteiger partial charge in [-0.1, -0.05) is 0 Å². The van der Waals surface area contributed by atoms with Crippen molar-refractivity contribution in [2.75, 3.05) is 7.05 Å². The zero-order valence-electron chi connectivity index (χ0n) is 6.69. The number of aliphatic hydroxyl groups excluding tert-OH is 1. The van der Waals surface area contributed by atoms with Crippen molar-refractivity contribution in [3.05, 3.63) is 23.2 Å². The molecule has 1 atom stereocenters. The number of aliphatic hydroxyl groups is 1. The van der Waals surface area contributed by atoms with E-state index in [2.05, 4.69) is 5.32 Å². The number of allylic oxidation sites excluding steroid dienone is 3. The van der Waals surface area contributed by atoms with Gasteiger partial charge in [-0.25, -0.2) is 4.39 Å². The fourth-order valence-corrected chi connectivity index (χ4v) is 1.04. The van der Waals surface area contributed by atoms with E-state index < -0.39 is 5.83 Å². The molecule has 1 aliphatic rings. The van der Waals surface area contributed by atoms with Gasteiger partial charge in [-0.2, -0.15) is 0 Å². The first-order valence-corrected chi connectivity index (χ1v) is 3.60. The van der Waals surface area contributed by atoms with Crippen molar-refractivity contribution in [2.45, 2.75) is 19.4 Å². The van der Waals surface area contributed by atoms with Crippen LogP contribution in [-0.2, 0) is 0 Å². The molecular formula is C8H12FNO. The Hall–Kier alpha value is -0.830. The first-order chi connectivity index (χ1) is 5.15. The lowest BCUT2D eigenvalue weighted by atomic mass is 10.1. The summed E-state index contributed by atoms with van der Waals surface area (Å²) in [7, 11) is 1.80. The van der Waals surface area contributed by atoms with Crippen molar-refractivity contribution in [3.63, 3.8) is 0 Å². The van der Waals surface area contributed by atoms with Crippen molar-refractivity contribution < 1.29 is 9.50 Å². The van der Waals surface area contributed by atoms with Crippen LogP contribution in [0.2, 0.25) is 0 Å². The molecule has 0 aromatic heterocycles. The van der Waals surface area contributed by atoms with Crippen LogP contribution >= 0.6 is 0 Å². The van der Waals surface area contributed by atoms with E-state index in [1.54, 1.807) is 7.05 Å². The number of rotatable bonds is 2. The van der Waals surface area contributed by atoms with E-state index in [9.17, 15) is 4.39 Å². The van der Waals surface area contributed by atoms with Crippen molar-refractivity contribution in [1.82, 2.24) is 5.32 Å². The molecular weight excluding hydrogens is 145 g/mol. The van der Waals surface area contributed by atoms with Crippen molar-refractivity contribution in [3.8, 4) is 0 Å². The van der Waals surface area contributed by atoms with Gasteiger partial charge in [0.1, 0.15) is 5.76 Å². The van der Waals surface area contributed by atoms with Crippen LogP contribution in [0.25, 0.3) is 0 Å². The lowest BCUT2D eigenvalue weighted by molar-refractivity contribution is 0.378. The molecule has 0 fully saturated rings. The van der Waals surface area contributed by atoms with Gasteiger partial charge in [0.15, 0.2) is 5.83 Å². The molecule has 0 bridgehead atoms. The van der Waals surface area contributed by atoms with Gasteiger partial charge in [0.05, 0.1) is 0 Å². The van der Waals surface area contributed by atoms with Crippen LogP contribution in [0.4, 0.5) is 4.39 Å². The summed E-state index contributed by atoms with van der Waals surface area (Å²) in [6, 6.07) is 0.130. The van der Waals surface area contributed by atoms with E-state index in [1.807, 2.05) is 6.92 Å². The summed E-state index contributed by atoms with van der Waals surface area (Å²) in [6.07, 6.45) is 1.73. The minimum Gasteiger partial charge on any atom is -0.509 e. The van der Waals surface area contributed by atoms with E-state index >= 15 is 0 Å². The quantitative estimate of drug-likeness (QED) is 0.639.